The lowest BCUT2D eigenvalue weighted by Crippen LogP contribution is -2.47. The van der Waals surface area contributed by atoms with Crippen molar-refractivity contribution in [2.45, 2.75) is 112 Å². The van der Waals surface area contributed by atoms with E-state index in [9.17, 15) is 14.4 Å². The molecule has 0 N–H and O–H groups in total. The van der Waals surface area contributed by atoms with E-state index in [2.05, 4.69) is 0 Å². The minimum absolute atomic E-state index is 0.150. The summed E-state index contributed by atoms with van der Waals surface area (Å²) in [6.07, 6.45) is 2.30. The fourth-order valence-electron chi connectivity index (χ4n) is 3.39. The molecule has 1 heterocycles. The normalized spacial score (nSPS) is 20.1. The van der Waals surface area contributed by atoms with Gasteiger partial charge in [-0.25, -0.2) is 14.5 Å². The quantitative estimate of drug-likeness (QED) is 0.560. The maximum Gasteiger partial charge on any atom is 0.417 e. The molecule has 162 valence electrons. The van der Waals surface area contributed by atoms with E-state index in [-0.39, 0.29) is 41.8 Å². The van der Waals surface area contributed by atoms with Crippen molar-refractivity contribution in [1.29, 1.82) is 0 Å². The number of hydrogen-bond donors (Lipinski definition) is 0. The molecule has 0 aromatic carbocycles. The number of ether oxygens (including phenoxy) is 2. The molecule has 2 amide bonds. The highest BCUT2D eigenvalue weighted by atomic mass is 16.6. The number of likely N-dealkylation sites (tertiary alicyclic amines) is 1. The summed E-state index contributed by atoms with van der Waals surface area (Å²) in [7, 11) is 0. The highest BCUT2D eigenvalue weighted by molar-refractivity contribution is 5.99. The fraction of sp³-hybridized carbons (Fsp3) is 0.864. The van der Waals surface area contributed by atoms with Gasteiger partial charge in [0.1, 0.15) is 18.2 Å². The molecule has 0 bridgehead atoms. The van der Waals surface area contributed by atoms with Crippen molar-refractivity contribution < 1.29 is 23.9 Å². The third kappa shape index (κ3) is 6.49. The van der Waals surface area contributed by atoms with Crippen molar-refractivity contribution >= 4 is 18.0 Å². The van der Waals surface area contributed by atoms with Crippen molar-refractivity contribution in [1.82, 2.24) is 4.90 Å². The molecule has 0 aliphatic carbocycles. The standard InChI is InChI=1S/C22H39NO5/c1-9-11-16(21(3,4)5)27-19(25)15-13-14-18(24)23(15)20(26)28-17(12-10-2)22(6,7)8/h15-17H,9-14H2,1-8H3/t15-,16?,17?/m0/s1. The van der Waals surface area contributed by atoms with Gasteiger partial charge in [0.25, 0.3) is 0 Å². The molecule has 0 aromatic rings. The first-order valence-electron chi connectivity index (χ1n) is 10.6. The van der Waals surface area contributed by atoms with Crippen LogP contribution in [-0.2, 0) is 19.1 Å². The highest BCUT2D eigenvalue weighted by Crippen LogP contribution is 2.31. The Morgan fingerprint density at radius 3 is 1.86 bits per heavy atom. The van der Waals surface area contributed by atoms with Crippen molar-refractivity contribution in [3.8, 4) is 0 Å². The molecule has 6 heteroatoms. The lowest BCUT2D eigenvalue weighted by molar-refractivity contribution is -0.162. The predicted octanol–water partition coefficient (Wildman–Crippen LogP) is 5.09. The molecule has 0 spiro atoms. The lowest BCUT2D eigenvalue weighted by Gasteiger charge is -2.34. The van der Waals surface area contributed by atoms with Gasteiger partial charge in [0.15, 0.2) is 0 Å². The Kier molecular flexibility index (Phi) is 8.51. The van der Waals surface area contributed by atoms with Gasteiger partial charge >= 0.3 is 12.1 Å². The van der Waals surface area contributed by atoms with E-state index in [1.165, 1.54) is 0 Å². The molecule has 1 rings (SSSR count). The average molecular weight is 398 g/mol. The van der Waals surface area contributed by atoms with Crippen molar-refractivity contribution in [3.05, 3.63) is 0 Å². The Morgan fingerprint density at radius 2 is 1.43 bits per heavy atom. The van der Waals surface area contributed by atoms with Crippen LogP contribution in [-0.4, -0.2) is 41.1 Å². The maximum atomic E-state index is 12.8. The minimum atomic E-state index is -0.899. The van der Waals surface area contributed by atoms with Crippen LogP contribution in [0, 0.1) is 10.8 Å². The topological polar surface area (TPSA) is 72.9 Å². The van der Waals surface area contributed by atoms with Gasteiger partial charge in [0.2, 0.25) is 5.91 Å². The average Bonchev–Trinajstić information content (AvgIpc) is 2.94. The molecular weight excluding hydrogens is 358 g/mol. The van der Waals surface area contributed by atoms with Crippen LogP contribution in [0.5, 0.6) is 0 Å². The number of hydrogen-bond acceptors (Lipinski definition) is 5. The van der Waals surface area contributed by atoms with Crippen LogP contribution < -0.4 is 0 Å². The van der Waals surface area contributed by atoms with Crippen molar-refractivity contribution in [2.75, 3.05) is 0 Å². The predicted molar refractivity (Wildman–Crippen MR) is 109 cm³/mol. The third-order valence-electron chi connectivity index (χ3n) is 5.22. The van der Waals surface area contributed by atoms with Gasteiger partial charge in [0, 0.05) is 6.42 Å². The Balaban J connectivity index is 2.93. The van der Waals surface area contributed by atoms with E-state index in [1.807, 2.05) is 55.4 Å². The van der Waals surface area contributed by atoms with Crippen molar-refractivity contribution in [3.63, 3.8) is 0 Å². The SMILES string of the molecule is CCCC(OC(=O)[C@@H]1CCC(=O)N1C(=O)OC(CCC)C(C)(C)C)C(C)(C)C. The third-order valence-corrected chi connectivity index (χ3v) is 5.22. The maximum absolute atomic E-state index is 12.8. The van der Waals surface area contributed by atoms with E-state index >= 15 is 0 Å². The zero-order valence-electron chi connectivity index (χ0n) is 19.0. The highest BCUT2D eigenvalue weighted by Gasteiger charge is 2.45. The van der Waals surface area contributed by atoms with Crippen LogP contribution in [0.3, 0.4) is 0 Å². The summed E-state index contributed by atoms with van der Waals surface area (Å²) in [6, 6.07) is -0.899. The first-order valence-corrected chi connectivity index (χ1v) is 10.6. The second-order valence-corrected chi connectivity index (χ2v) is 9.93. The first kappa shape index (κ1) is 24.4. The van der Waals surface area contributed by atoms with E-state index < -0.39 is 18.1 Å². The smallest absolute Gasteiger partial charge is 0.417 e. The van der Waals surface area contributed by atoms with Gasteiger partial charge in [-0.05, 0) is 30.1 Å². The molecule has 2 unspecified atom stereocenters. The minimum Gasteiger partial charge on any atom is -0.460 e. The zero-order valence-corrected chi connectivity index (χ0v) is 19.0. The molecule has 1 fully saturated rings. The molecule has 28 heavy (non-hydrogen) atoms. The monoisotopic (exact) mass is 397 g/mol. The van der Waals surface area contributed by atoms with Gasteiger partial charge in [-0.3, -0.25) is 4.79 Å². The van der Waals surface area contributed by atoms with Crippen LogP contribution in [0.4, 0.5) is 4.79 Å². The number of rotatable bonds is 7. The number of nitrogens with zero attached hydrogens (tertiary/aromatic N) is 1. The van der Waals surface area contributed by atoms with Gasteiger partial charge in [-0.15, -0.1) is 0 Å². The lowest BCUT2D eigenvalue weighted by atomic mass is 9.86. The Hall–Kier alpha value is -1.59. The molecule has 6 nitrogen and oxygen atoms in total. The summed E-state index contributed by atoms with van der Waals surface area (Å²) >= 11 is 0. The van der Waals surface area contributed by atoms with Crippen LogP contribution in [0.2, 0.25) is 0 Å². The molecule has 0 saturated carbocycles. The second kappa shape index (κ2) is 9.75. The summed E-state index contributed by atoms with van der Waals surface area (Å²) < 4.78 is 11.4. The number of amides is 2. The molecule has 3 atom stereocenters. The molecule has 1 aliphatic heterocycles. The van der Waals surface area contributed by atoms with Crippen LogP contribution in [0.25, 0.3) is 0 Å². The van der Waals surface area contributed by atoms with Gasteiger partial charge in [-0.1, -0.05) is 68.2 Å². The van der Waals surface area contributed by atoms with Crippen LogP contribution >= 0.6 is 0 Å². The summed E-state index contributed by atoms with van der Waals surface area (Å²) in [5, 5.41) is 0. The molecule has 0 aromatic heterocycles. The fourth-order valence-corrected chi connectivity index (χ4v) is 3.39. The second-order valence-electron chi connectivity index (χ2n) is 9.93. The summed E-state index contributed by atoms with van der Waals surface area (Å²) in [5.74, 6) is -0.891. The van der Waals surface area contributed by atoms with E-state index in [0.29, 0.717) is 6.42 Å². The number of carbonyl (C=O) groups excluding carboxylic acids is 3. The van der Waals surface area contributed by atoms with Crippen LogP contribution in [0.15, 0.2) is 0 Å². The molecule has 1 saturated heterocycles. The van der Waals surface area contributed by atoms with E-state index in [4.69, 9.17) is 9.47 Å². The summed E-state index contributed by atoms with van der Waals surface area (Å²) in [4.78, 5) is 38.9. The molecular formula is C22H39NO5. The van der Waals surface area contributed by atoms with Crippen LogP contribution in [0.1, 0.15) is 93.9 Å². The van der Waals surface area contributed by atoms with Gasteiger partial charge in [-0.2, -0.15) is 0 Å². The Bertz CT molecular complexity index is 558. The van der Waals surface area contributed by atoms with E-state index in [0.717, 1.165) is 24.2 Å². The summed E-state index contributed by atoms with van der Waals surface area (Å²) in [5.41, 5.74) is -0.457. The van der Waals surface area contributed by atoms with Gasteiger partial charge in [0.05, 0.1) is 0 Å². The van der Waals surface area contributed by atoms with Gasteiger partial charge < -0.3 is 9.47 Å². The molecule has 1 aliphatic rings. The molecule has 0 radical (unpaired) electrons. The Labute approximate surface area is 170 Å². The zero-order chi connectivity index (χ0) is 21.7. The number of imide groups is 1. The van der Waals surface area contributed by atoms with Crippen molar-refractivity contribution in [2.24, 2.45) is 10.8 Å². The summed E-state index contributed by atoms with van der Waals surface area (Å²) in [6.45, 7) is 16.1. The Morgan fingerprint density at radius 1 is 0.964 bits per heavy atom. The number of carbonyl (C=O) groups is 3. The largest absolute Gasteiger partial charge is 0.460 e. The van der Waals surface area contributed by atoms with E-state index in [1.54, 1.807) is 0 Å². The first-order chi connectivity index (χ1) is 12.8. The number of esters is 1.